The van der Waals surface area contributed by atoms with Gasteiger partial charge in [0.05, 0.1) is 0 Å². The Morgan fingerprint density at radius 2 is 1.12 bits per heavy atom. The van der Waals surface area contributed by atoms with Gasteiger partial charge in [-0.1, -0.05) is 0 Å². The van der Waals surface area contributed by atoms with E-state index in [0.717, 1.165) is 0 Å². The van der Waals surface area contributed by atoms with E-state index >= 15 is 0 Å². The Bertz CT molecular complexity index is 916. The molecule has 5 nitrogen and oxygen atoms in total. The van der Waals surface area contributed by atoms with Gasteiger partial charge in [-0.25, -0.2) is 0 Å². The van der Waals surface area contributed by atoms with Crippen molar-refractivity contribution in [2.75, 3.05) is 0 Å². The second kappa shape index (κ2) is 5.51. The van der Waals surface area contributed by atoms with Crippen LogP contribution < -0.4 is 0 Å². The molecule has 1 heterocycles. The highest BCUT2D eigenvalue weighted by Crippen LogP contribution is 2.31. The quantitative estimate of drug-likeness (QED) is 0.710. The van der Waals surface area contributed by atoms with Gasteiger partial charge in [0.15, 0.2) is 11.6 Å². The standard InChI is InChI=1S/C20H20O5/c1-19(2,23)17(21)11-5-7-15-13(9-11)14-10-12(6-8-16(14)25-15)18(22)20(3,4)24/h5-10,23-24H,1-4H3. The SMILES string of the molecule is CC(C)(O)C(=O)c1ccc2oc3ccc(C(=O)C(C)(C)O)cc3c2c1. The van der Waals surface area contributed by atoms with Gasteiger partial charge in [0.1, 0.15) is 22.4 Å². The van der Waals surface area contributed by atoms with Crippen molar-refractivity contribution in [3.05, 3.63) is 47.5 Å². The molecule has 0 spiro atoms. The molecule has 5 heteroatoms. The molecule has 3 aromatic rings. The molecular formula is C20H20O5. The van der Waals surface area contributed by atoms with Crippen LogP contribution in [0, 0.1) is 0 Å². The molecule has 0 aliphatic heterocycles. The number of Topliss-reactive ketones (excluding diaryl/α,β-unsaturated/α-hetero) is 2. The number of hydrogen-bond acceptors (Lipinski definition) is 5. The first kappa shape index (κ1) is 17.3. The number of carbonyl (C=O) groups excluding carboxylic acids is 2. The molecule has 25 heavy (non-hydrogen) atoms. The number of hydrogen-bond donors (Lipinski definition) is 2. The van der Waals surface area contributed by atoms with Crippen molar-refractivity contribution in [3.8, 4) is 0 Å². The van der Waals surface area contributed by atoms with Crippen molar-refractivity contribution in [1.82, 2.24) is 0 Å². The van der Waals surface area contributed by atoms with Gasteiger partial charge >= 0.3 is 0 Å². The van der Waals surface area contributed by atoms with E-state index in [9.17, 15) is 19.8 Å². The average Bonchev–Trinajstić information content (AvgIpc) is 2.88. The number of carbonyl (C=O) groups is 2. The van der Waals surface area contributed by atoms with Crippen molar-refractivity contribution >= 4 is 33.5 Å². The van der Waals surface area contributed by atoms with E-state index in [1.165, 1.54) is 27.7 Å². The number of rotatable bonds is 4. The van der Waals surface area contributed by atoms with E-state index < -0.39 is 22.8 Å². The van der Waals surface area contributed by atoms with Crippen molar-refractivity contribution in [3.63, 3.8) is 0 Å². The molecule has 130 valence electrons. The first-order valence-electron chi connectivity index (χ1n) is 7.99. The minimum atomic E-state index is -1.48. The number of ketones is 2. The van der Waals surface area contributed by atoms with E-state index in [4.69, 9.17) is 4.42 Å². The summed E-state index contributed by atoms with van der Waals surface area (Å²) in [5, 5.41) is 21.2. The molecule has 0 aliphatic carbocycles. The molecule has 0 atom stereocenters. The van der Waals surface area contributed by atoms with E-state index in [-0.39, 0.29) is 0 Å². The lowest BCUT2D eigenvalue weighted by molar-refractivity contribution is 0.0487. The Morgan fingerprint density at radius 3 is 1.44 bits per heavy atom. The number of furan rings is 1. The van der Waals surface area contributed by atoms with E-state index in [1.54, 1.807) is 36.4 Å². The molecule has 3 rings (SSSR count). The van der Waals surface area contributed by atoms with Crippen molar-refractivity contribution in [2.45, 2.75) is 38.9 Å². The maximum Gasteiger partial charge on any atom is 0.193 e. The molecule has 1 aromatic heterocycles. The molecule has 0 radical (unpaired) electrons. The van der Waals surface area contributed by atoms with E-state index in [1.807, 2.05) is 0 Å². The zero-order valence-electron chi connectivity index (χ0n) is 14.6. The largest absolute Gasteiger partial charge is 0.456 e. The predicted molar refractivity (Wildman–Crippen MR) is 95.0 cm³/mol. The molecule has 0 bridgehead atoms. The lowest BCUT2D eigenvalue weighted by Gasteiger charge is -2.15. The summed E-state index contributed by atoms with van der Waals surface area (Å²) in [4.78, 5) is 24.6. The molecule has 2 N–H and O–H groups in total. The molecule has 0 unspecified atom stereocenters. The average molecular weight is 340 g/mol. The molecule has 0 aliphatic rings. The fraction of sp³-hybridized carbons (Fsp3) is 0.300. The molecule has 0 fully saturated rings. The molecule has 0 saturated carbocycles. The zero-order valence-corrected chi connectivity index (χ0v) is 14.6. The lowest BCUT2D eigenvalue weighted by Crippen LogP contribution is -2.31. The Labute approximate surface area is 144 Å². The summed E-state index contributed by atoms with van der Waals surface area (Å²) >= 11 is 0. The van der Waals surface area contributed by atoms with Crippen LogP contribution in [-0.4, -0.2) is 33.0 Å². The number of benzene rings is 2. The van der Waals surface area contributed by atoms with Crippen molar-refractivity contribution in [1.29, 1.82) is 0 Å². The Hall–Kier alpha value is -2.50. The molecule has 2 aromatic carbocycles. The third kappa shape index (κ3) is 3.08. The van der Waals surface area contributed by atoms with Gasteiger partial charge in [-0.3, -0.25) is 9.59 Å². The van der Waals surface area contributed by atoms with Crippen molar-refractivity contribution < 1.29 is 24.2 Å². The number of fused-ring (bicyclic) bond motifs is 3. The lowest BCUT2D eigenvalue weighted by atomic mass is 9.94. The van der Waals surface area contributed by atoms with Gasteiger partial charge in [-0.15, -0.1) is 0 Å². The summed E-state index contributed by atoms with van der Waals surface area (Å²) in [6.45, 7) is 5.75. The van der Waals surface area contributed by atoms with Crippen LogP contribution in [0.25, 0.3) is 21.9 Å². The van der Waals surface area contributed by atoms with Gasteiger partial charge in [-0.2, -0.15) is 0 Å². The molecule has 0 saturated heterocycles. The molecular weight excluding hydrogens is 320 g/mol. The maximum atomic E-state index is 12.3. The van der Waals surface area contributed by atoms with Gasteiger partial charge < -0.3 is 14.6 Å². The van der Waals surface area contributed by atoms with Gasteiger partial charge in [-0.05, 0) is 64.1 Å². The van der Waals surface area contributed by atoms with Crippen LogP contribution in [0.1, 0.15) is 48.4 Å². The van der Waals surface area contributed by atoms with E-state index in [0.29, 0.717) is 33.1 Å². The van der Waals surface area contributed by atoms with Gasteiger partial charge in [0, 0.05) is 21.9 Å². The van der Waals surface area contributed by atoms with Crippen LogP contribution in [0.5, 0.6) is 0 Å². The topological polar surface area (TPSA) is 87.7 Å². The first-order chi connectivity index (χ1) is 11.5. The van der Waals surface area contributed by atoms with Crippen LogP contribution >= 0.6 is 0 Å². The Kier molecular flexibility index (Phi) is 3.82. The minimum absolute atomic E-state index is 0.363. The monoisotopic (exact) mass is 340 g/mol. The summed E-state index contributed by atoms with van der Waals surface area (Å²) in [6.07, 6.45) is 0. The highest BCUT2D eigenvalue weighted by atomic mass is 16.3. The Morgan fingerprint density at radius 1 is 0.760 bits per heavy atom. The zero-order chi connectivity index (χ0) is 18.6. The highest BCUT2D eigenvalue weighted by Gasteiger charge is 2.27. The van der Waals surface area contributed by atoms with Crippen LogP contribution in [0.3, 0.4) is 0 Å². The van der Waals surface area contributed by atoms with Crippen molar-refractivity contribution in [2.24, 2.45) is 0 Å². The summed E-state index contributed by atoms with van der Waals surface area (Å²) in [5.41, 5.74) is -1.07. The molecule has 0 amide bonds. The smallest absolute Gasteiger partial charge is 0.193 e. The third-order valence-corrected chi connectivity index (χ3v) is 4.10. The van der Waals surface area contributed by atoms with Crippen LogP contribution in [-0.2, 0) is 0 Å². The summed E-state index contributed by atoms with van der Waals surface area (Å²) < 4.78 is 5.75. The highest BCUT2D eigenvalue weighted by molar-refractivity contribution is 6.12. The minimum Gasteiger partial charge on any atom is -0.456 e. The first-order valence-corrected chi connectivity index (χ1v) is 7.99. The summed E-state index contributed by atoms with van der Waals surface area (Å²) in [5.74, 6) is -0.792. The summed E-state index contributed by atoms with van der Waals surface area (Å²) in [7, 11) is 0. The maximum absolute atomic E-state index is 12.3. The van der Waals surface area contributed by atoms with Gasteiger partial charge in [0.25, 0.3) is 0 Å². The normalized spacial score (nSPS) is 12.7. The second-order valence-electron chi connectivity index (χ2n) is 7.30. The van der Waals surface area contributed by atoms with Crippen LogP contribution in [0.15, 0.2) is 40.8 Å². The Balaban J connectivity index is 2.20. The fourth-order valence-corrected chi connectivity index (χ4v) is 2.77. The van der Waals surface area contributed by atoms with Gasteiger partial charge in [0.2, 0.25) is 0 Å². The summed E-state index contributed by atoms with van der Waals surface area (Å²) in [6, 6.07) is 9.86. The van der Waals surface area contributed by atoms with Crippen LogP contribution in [0.2, 0.25) is 0 Å². The fourth-order valence-electron chi connectivity index (χ4n) is 2.77. The van der Waals surface area contributed by atoms with Crippen LogP contribution in [0.4, 0.5) is 0 Å². The third-order valence-electron chi connectivity index (χ3n) is 4.10. The number of aliphatic hydroxyl groups is 2. The second-order valence-corrected chi connectivity index (χ2v) is 7.30. The predicted octanol–water partition coefficient (Wildman–Crippen LogP) is 3.49. The van der Waals surface area contributed by atoms with E-state index in [2.05, 4.69) is 0 Å².